The molecule has 0 spiro atoms. The molecule has 5 aliphatic rings. The molecule has 1 amide bonds. The van der Waals surface area contributed by atoms with Gasteiger partial charge in [-0.1, -0.05) is 25.5 Å². The summed E-state index contributed by atoms with van der Waals surface area (Å²) in [7, 11) is 0. The molecule has 4 aliphatic carbocycles. The molecule has 5 heteroatoms. The van der Waals surface area contributed by atoms with Crippen LogP contribution in [-0.2, 0) is 4.74 Å². The largest absolute Gasteiger partial charge is 0.446 e. The molecule has 3 saturated carbocycles. The van der Waals surface area contributed by atoms with E-state index in [0.717, 1.165) is 51.1 Å². The smallest absolute Gasteiger partial charge is 0.410 e. The SMILES string of the molecule is C[C@]12CC[C@H](OC(=O)N3CCCC3)C[C@H]1CC[C@H]1C3=CC[C@H](c4ccc(=O)oc4)[C@@]3(C)CC[C@@H]12. The van der Waals surface area contributed by atoms with E-state index in [1.807, 2.05) is 11.0 Å². The van der Waals surface area contributed by atoms with E-state index in [1.54, 1.807) is 17.9 Å². The molecule has 1 aromatic rings. The first-order valence-corrected chi connectivity index (χ1v) is 13.6. The maximum absolute atomic E-state index is 12.6. The zero-order chi connectivity index (χ0) is 23.5. The topological polar surface area (TPSA) is 59.8 Å². The average Bonchev–Trinajstić information content (AvgIpc) is 3.48. The third-order valence-corrected chi connectivity index (χ3v) is 10.8. The van der Waals surface area contributed by atoms with Crippen LogP contribution in [0.4, 0.5) is 4.79 Å². The van der Waals surface area contributed by atoms with Crippen molar-refractivity contribution < 1.29 is 13.9 Å². The molecular formula is C29H39NO4. The minimum atomic E-state index is -0.267. The van der Waals surface area contributed by atoms with Crippen LogP contribution in [0.1, 0.15) is 89.5 Å². The van der Waals surface area contributed by atoms with Gasteiger partial charge in [0, 0.05) is 19.2 Å². The molecule has 5 nitrogen and oxygen atoms in total. The second-order valence-electron chi connectivity index (χ2n) is 12.3. The van der Waals surface area contributed by atoms with Gasteiger partial charge in [0.05, 0.1) is 6.26 Å². The fourth-order valence-electron chi connectivity index (χ4n) is 8.84. The molecule has 0 radical (unpaired) electrons. The van der Waals surface area contributed by atoms with Crippen LogP contribution in [0.25, 0.3) is 0 Å². The van der Waals surface area contributed by atoms with Gasteiger partial charge in [-0.05, 0) is 110 Å². The number of hydrogen-bond acceptors (Lipinski definition) is 4. The molecule has 0 bridgehead atoms. The first kappa shape index (κ1) is 22.4. The van der Waals surface area contributed by atoms with Crippen molar-refractivity contribution in [3.63, 3.8) is 0 Å². The molecule has 184 valence electrons. The molecule has 0 aromatic carbocycles. The highest BCUT2D eigenvalue weighted by Crippen LogP contribution is 2.67. The predicted molar refractivity (Wildman–Crippen MR) is 130 cm³/mol. The van der Waals surface area contributed by atoms with Crippen molar-refractivity contribution in [1.29, 1.82) is 0 Å². The second kappa shape index (κ2) is 8.27. The van der Waals surface area contributed by atoms with Gasteiger partial charge < -0.3 is 14.1 Å². The Morgan fingerprint density at radius 1 is 1.09 bits per heavy atom. The van der Waals surface area contributed by atoms with Crippen LogP contribution >= 0.6 is 0 Å². The van der Waals surface area contributed by atoms with Crippen LogP contribution in [0, 0.1) is 28.6 Å². The minimum absolute atomic E-state index is 0.0767. The summed E-state index contributed by atoms with van der Waals surface area (Å²) in [5.41, 5.74) is 3.11. The number of rotatable bonds is 2. The Balaban J connectivity index is 1.16. The van der Waals surface area contributed by atoms with E-state index in [9.17, 15) is 9.59 Å². The first-order valence-electron chi connectivity index (χ1n) is 13.6. The number of allylic oxidation sites excluding steroid dienone is 2. The van der Waals surface area contributed by atoms with Crippen LogP contribution in [-0.4, -0.2) is 30.2 Å². The van der Waals surface area contributed by atoms with Crippen molar-refractivity contribution in [3.8, 4) is 0 Å². The summed E-state index contributed by atoms with van der Waals surface area (Å²) >= 11 is 0. The van der Waals surface area contributed by atoms with Crippen LogP contribution in [0.2, 0.25) is 0 Å². The summed E-state index contributed by atoms with van der Waals surface area (Å²) in [6.07, 6.45) is 15.7. The summed E-state index contributed by atoms with van der Waals surface area (Å²) in [4.78, 5) is 26.0. The van der Waals surface area contributed by atoms with E-state index in [0.29, 0.717) is 23.2 Å². The second-order valence-corrected chi connectivity index (χ2v) is 12.3. The zero-order valence-electron chi connectivity index (χ0n) is 20.8. The molecule has 1 aromatic heterocycles. The van der Waals surface area contributed by atoms with Crippen LogP contribution in [0.15, 0.2) is 39.3 Å². The van der Waals surface area contributed by atoms with Crippen molar-refractivity contribution in [1.82, 2.24) is 4.90 Å². The molecule has 6 rings (SSSR count). The van der Waals surface area contributed by atoms with Crippen molar-refractivity contribution in [2.24, 2.45) is 28.6 Å². The molecule has 1 saturated heterocycles. The summed E-state index contributed by atoms with van der Waals surface area (Å²) in [6.45, 7) is 6.73. The Hall–Kier alpha value is -2.04. The van der Waals surface area contributed by atoms with Crippen molar-refractivity contribution in [3.05, 3.63) is 46.0 Å². The molecule has 0 N–H and O–H groups in total. The Bertz CT molecular complexity index is 1020. The molecular weight excluding hydrogens is 426 g/mol. The lowest BCUT2D eigenvalue weighted by Crippen LogP contribution is -2.52. The lowest BCUT2D eigenvalue weighted by molar-refractivity contribution is -0.0867. The van der Waals surface area contributed by atoms with Crippen LogP contribution < -0.4 is 5.63 Å². The number of amides is 1. The number of carbonyl (C=O) groups is 1. The summed E-state index contributed by atoms with van der Waals surface area (Å²) in [5.74, 6) is 2.47. The van der Waals surface area contributed by atoms with E-state index in [-0.39, 0.29) is 23.2 Å². The Morgan fingerprint density at radius 3 is 2.68 bits per heavy atom. The highest BCUT2D eigenvalue weighted by molar-refractivity contribution is 5.68. The molecule has 1 aliphatic heterocycles. The quantitative estimate of drug-likeness (QED) is 0.482. The third-order valence-electron chi connectivity index (χ3n) is 10.8. The third kappa shape index (κ3) is 3.48. The van der Waals surface area contributed by atoms with E-state index >= 15 is 0 Å². The molecule has 7 atom stereocenters. The number of nitrogens with zero attached hydrogens (tertiary/aromatic N) is 1. The summed E-state index contributed by atoms with van der Waals surface area (Å²) in [5, 5.41) is 0. The number of hydrogen-bond donors (Lipinski definition) is 0. The van der Waals surface area contributed by atoms with Gasteiger partial charge in [0.15, 0.2) is 0 Å². The van der Waals surface area contributed by atoms with Crippen LogP contribution in [0.3, 0.4) is 0 Å². The summed E-state index contributed by atoms with van der Waals surface area (Å²) in [6, 6.07) is 3.55. The number of ether oxygens (including phenoxy) is 1. The Kier molecular flexibility index (Phi) is 5.46. The highest BCUT2D eigenvalue weighted by Gasteiger charge is 2.58. The first-order chi connectivity index (χ1) is 16.4. The van der Waals surface area contributed by atoms with Gasteiger partial charge in [-0.25, -0.2) is 9.59 Å². The van der Waals surface area contributed by atoms with Crippen LogP contribution in [0.5, 0.6) is 0 Å². The Morgan fingerprint density at radius 2 is 1.91 bits per heavy atom. The number of likely N-dealkylation sites (tertiary alicyclic amines) is 1. The average molecular weight is 466 g/mol. The molecule has 34 heavy (non-hydrogen) atoms. The number of fused-ring (bicyclic) bond motifs is 5. The van der Waals surface area contributed by atoms with E-state index in [4.69, 9.17) is 9.15 Å². The van der Waals surface area contributed by atoms with Crippen molar-refractivity contribution >= 4 is 6.09 Å². The van der Waals surface area contributed by atoms with E-state index in [2.05, 4.69) is 19.9 Å². The van der Waals surface area contributed by atoms with E-state index < -0.39 is 0 Å². The Labute approximate surface area is 202 Å². The van der Waals surface area contributed by atoms with Gasteiger partial charge in [0.25, 0.3) is 0 Å². The van der Waals surface area contributed by atoms with Crippen molar-refractivity contribution in [2.45, 2.75) is 90.1 Å². The van der Waals surface area contributed by atoms with Gasteiger partial charge in [0.2, 0.25) is 0 Å². The highest BCUT2D eigenvalue weighted by atomic mass is 16.6. The van der Waals surface area contributed by atoms with Gasteiger partial charge in [0.1, 0.15) is 6.10 Å². The fourth-order valence-corrected chi connectivity index (χ4v) is 8.84. The zero-order valence-corrected chi connectivity index (χ0v) is 20.8. The molecule has 4 fully saturated rings. The van der Waals surface area contributed by atoms with Gasteiger partial charge in [-0.15, -0.1) is 0 Å². The monoisotopic (exact) mass is 465 g/mol. The molecule has 2 heterocycles. The lowest BCUT2D eigenvalue weighted by atomic mass is 9.46. The van der Waals surface area contributed by atoms with Gasteiger partial charge in [-0.2, -0.15) is 0 Å². The normalized spacial score (nSPS) is 41.3. The maximum atomic E-state index is 12.6. The standard InChI is InChI=1S/C29H39NO4/c1-28-13-11-21(34-27(32)30-15-3-4-16-30)17-20(28)6-7-22-24-9-8-23(19-5-10-26(31)33-18-19)29(24,2)14-12-25(22)28/h5,9-10,18,20-23,25H,3-4,6-8,11-17H2,1-2H3/t20-,21+,22+,23-,25+,28+,29-/m1/s1. The fraction of sp³-hybridized carbons (Fsp3) is 0.724. The van der Waals surface area contributed by atoms with E-state index in [1.165, 1.54) is 37.7 Å². The predicted octanol–water partition coefficient (Wildman–Crippen LogP) is 6.29. The summed E-state index contributed by atoms with van der Waals surface area (Å²) < 4.78 is 11.2. The maximum Gasteiger partial charge on any atom is 0.410 e. The number of carbonyl (C=O) groups excluding carboxylic acids is 1. The van der Waals surface area contributed by atoms with Gasteiger partial charge in [-0.3, -0.25) is 0 Å². The molecule has 0 unspecified atom stereocenters. The van der Waals surface area contributed by atoms with Gasteiger partial charge >= 0.3 is 11.7 Å². The lowest BCUT2D eigenvalue weighted by Gasteiger charge is -2.59. The van der Waals surface area contributed by atoms with Crippen molar-refractivity contribution in [2.75, 3.05) is 13.1 Å². The minimum Gasteiger partial charge on any atom is -0.446 e.